The molecule has 3 heterocycles. The zero-order valence-corrected chi connectivity index (χ0v) is 20.9. The van der Waals surface area contributed by atoms with E-state index in [9.17, 15) is 9.90 Å². The molecule has 4 rings (SSSR count). The molecule has 0 saturated carbocycles. The second kappa shape index (κ2) is 10.4. The summed E-state index contributed by atoms with van der Waals surface area (Å²) in [4.78, 5) is 20.9. The number of aromatic hydroxyl groups is 1. The zero-order valence-electron chi connectivity index (χ0n) is 20.9. The second-order valence-electron chi connectivity index (χ2n) is 9.81. The fourth-order valence-electron chi connectivity index (χ4n) is 4.18. The molecule has 1 aliphatic rings. The van der Waals surface area contributed by atoms with E-state index >= 15 is 0 Å². The summed E-state index contributed by atoms with van der Waals surface area (Å²) >= 11 is 0. The standard InChI is InChI=1S/C27H33N5O3/c1-5-19-14-20(22-15-23(33)17-28-16-22)6-7-21(19)18-31-10-12-32(13-11-31)25-9-8-24(29-30-25)26(34)35-27(2,3)4/h6-9,14-17,33H,5,10-13,18H2,1-4H3. The van der Waals surface area contributed by atoms with E-state index in [1.54, 1.807) is 18.3 Å². The Labute approximate surface area is 206 Å². The molecule has 0 spiro atoms. The molecule has 2 aromatic heterocycles. The summed E-state index contributed by atoms with van der Waals surface area (Å²) in [7, 11) is 0. The van der Waals surface area contributed by atoms with Crippen LogP contribution in [0.3, 0.4) is 0 Å². The normalized spacial score (nSPS) is 14.7. The quantitative estimate of drug-likeness (QED) is 0.533. The van der Waals surface area contributed by atoms with Gasteiger partial charge in [0.2, 0.25) is 0 Å². The average Bonchev–Trinajstić information content (AvgIpc) is 2.84. The molecule has 0 radical (unpaired) electrons. The Hall–Kier alpha value is -3.52. The van der Waals surface area contributed by atoms with Gasteiger partial charge in [0.05, 0.1) is 6.20 Å². The topological polar surface area (TPSA) is 91.7 Å². The van der Waals surface area contributed by atoms with Gasteiger partial charge < -0.3 is 14.7 Å². The Balaban J connectivity index is 1.36. The molecule has 1 N–H and O–H groups in total. The third kappa shape index (κ3) is 6.33. The molecular weight excluding hydrogens is 442 g/mol. The van der Waals surface area contributed by atoms with Crippen LogP contribution in [0.1, 0.15) is 49.3 Å². The van der Waals surface area contributed by atoms with Gasteiger partial charge in [-0.05, 0) is 62.1 Å². The van der Waals surface area contributed by atoms with Crippen LogP contribution in [0.5, 0.6) is 5.75 Å². The van der Waals surface area contributed by atoms with Crippen LogP contribution in [0, 0.1) is 0 Å². The van der Waals surface area contributed by atoms with E-state index in [0.29, 0.717) is 0 Å². The summed E-state index contributed by atoms with van der Waals surface area (Å²) in [6, 6.07) is 11.7. The smallest absolute Gasteiger partial charge is 0.359 e. The van der Waals surface area contributed by atoms with E-state index in [-0.39, 0.29) is 11.4 Å². The molecule has 8 heteroatoms. The Kier molecular flexibility index (Phi) is 7.31. The van der Waals surface area contributed by atoms with Crippen LogP contribution in [-0.2, 0) is 17.7 Å². The minimum Gasteiger partial charge on any atom is -0.506 e. The molecule has 1 aliphatic heterocycles. The number of hydrogen-bond acceptors (Lipinski definition) is 8. The first kappa shape index (κ1) is 24.6. The molecular formula is C27H33N5O3. The van der Waals surface area contributed by atoms with Crippen molar-refractivity contribution in [3.8, 4) is 16.9 Å². The highest BCUT2D eigenvalue weighted by atomic mass is 16.6. The highest BCUT2D eigenvalue weighted by Gasteiger charge is 2.22. The van der Waals surface area contributed by atoms with Gasteiger partial charge in [-0.15, -0.1) is 10.2 Å². The van der Waals surface area contributed by atoms with Crippen LogP contribution in [0.15, 0.2) is 48.8 Å². The SMILES string of the molecule is CCc1cc(-c2cncc(O)c2)ccc1CN1CCN(c2ccc(C(=O)OC(C)(C)C)nn2)CC1. The third-order valence-electron chi connectivity index (χ3n) is 5.99. The van der Waals surface area contributed by atoms with E-state index in [1.807, 2.05) is 26.8 Å². The van der Waals surface area contributed by atoms with Crippen LogP contribution >= 0.6 is 0 Å². The molecule has 0 amide bonds. The molecule has 35 heavy (non-hydrogen) atoms. The van der Waals surface area contributed by atoms with E-state index in [0.717, 1.165) is 56.1 Å². The van der Waals surface area contributed by atoms with Gasteiger partial charge >= 0.3 is 5.97 Å². The van der Waals surface area contributed by atoms with E-state index < -0.39 is 11.6 Å². The zero-order chi connectivity index (χ0) is 25.0. The number of rotatable bonds is 6. The van der Waals surface area contributed by atoms with Crippen molar-refractivity contribution in [2.75, 3.05) is 31.1 Å². The Morgan fingerprint density at radius 1 is 0.971 bits per heavy atom. The summed E-state index contributed by atoms with van der Waals surface area (Å²) in [5.74, 6) is 0.487. The van der Waals surface area contributed by atoms with Crippen molar-refractivity contribution in [1.29, 1.82) is 0 Å². The molecule has 0 atom stereocenters. The third-order valence-corrected chi connectivity index (χ3v) is 5.99. The number of aromatic nitrogens is 3. The summed E-state index contributed by atoms with van der Waals surface area (Å²) in [6.07, 6.45) is 4.16. The predicted molar refractivity (Wildman–Crippen MR) is 135 cm³/mol. The number of nitrogens with zero attached hydrogens (tertiary/aromatic N) is 5. The monoisotopic (exact) mass is 475 g/mol. The van der Waals surface area contributed by atoms with Crippen molar-refractivity contribution >= 4 is 11.8 Å². The summed E-state index contributed by atoms with van der Waals surface area (Å²) in [6.45, 7) is 12.1. The highest BCUT2D eigenvalue weighted by molar-refractivity contribution is 5.87. The first-order valence-electron chi connectivity index (χ1n) is 12.0. The van der Waals surface area contributed by atoms with Gasteiger partial charge in [-0.1, -0.05) is 25.1 Å². The number of carbonyl (C=O) groups excluding carboxylic acids is 1. The van der Waals surface area contributed by atoms with Crippen molar-refractivity contribution in [2.24, 2.45) is 0 Å². The van der Waals surface area contributed by atoms with Crippen LogP contribution in [0.4, 0.5) is 5.82 Å². The van der Waals surface area contributed by atoms with Crippen LogP contribution in [-0.4, -0.2) is 62.9 Å². The fraction of sp³-hybridized carbons (Fsp3) is 0.407. The molecule has 184 valence electrons. The Morgan fingerprint density at radius 2 is 1.74 bits per heavy atom. The maximum Gasteiger partial charge on any atom is 0.359 e. The van der Waals surface area contributed by atoms with E-state index in [1.165, 1.54) is 17.3 Å². The maximum atomic E-state index is 12.2. The van der Waals surface area contributed by atoms with Crippen LogP contribution in [0.25, 0.3) is 11.1 Å². The van der Waals surface area contributed by atoms with Gasteiger partial charge in [-0.25, -0.2) is 4.79 Å². The van der Waals surface area contributed by atoms with E-state index in [2.05, 4.69) is 50.1 Å². The van der Waals surface area contributed by atoms with Crippen molar-refractivity contribution in [1.82, 2.24) is 20.1 Å². The summed E-state index contributed by atoms with van der Waals surface area (Å²) in [5.41, 5.74) is 4.26. The number of anilines is 1. The Bertz CT molecular complexity index is 1170. The molecule has 0 unspecified atom stereocenters. The minimum absolute atomic E-state index is 0.173. The lowest BCUT2D eigenvalue weighted by atomic mass is 9.98. The number of esters is 1. The van der Waals surface area contributed by atoms with Gasteiger partial charge in [0.15, 0.2) is 11.5 Å². The molecule has 8 nitrogen and oxygen atoms in total. The minimum atomic E-state index is -0.562. The molecule has 3 aromatic rings. The van der Waals surface area contributed by atoms with Gasteiger partial charge in [-0.3, -0.25) is 9.88 Å². The molecule has 1 saturated heterocycles. The van der Waals surface area contributed by atoms with Gasteiger partial charge in [0.25, 0.3) is 0 Å². The lowest BCUT2D eigenvalue weighted by molar-refractivity contribution is 0.00616. The van der Waals surface area contributed by atoms with Crippen molar-refractivity contribution in [2.45, 2.75) is 46.3 Å². The summed E-state index contributed by atoms with van der Waals surface area (Å²) in [5, 5.41) is 18.1. The molecule has 1 fully saturated rings. The predicted octanol–water partition coefficient (Wildman–Crippen LogP) is 4.08. The average molecular weight is 476 g/mol. The first-order valence-corrected chi connectivity index (χ1v) is 12.0. The van der Waals surface area contributed by atoms with Gasteiger partial charge in [0.1, 0.15) is 11.4 Å². The fourth-order valence-corrected chi connectivity index (χ4v) is 4.18. The van der Waals surface area contributed by atoms with Crippen LogP contribution in [0.2, 0.25) is 0 Å². The number of ether oxygens (including phenoxy) is 1. The Morgan fingerprint density at radius 3 is 2.37 bits per heavy atom. The van der Waals surface area contributed by atoms with Gasteiger partial charge in [0, 0.05) is 44.5 Å². The number of aryl methyl sites for hydroxylation is 1. The largest absolute Gasteiger partial charge is 0.506 e. The second-order valence-corrected chi connectivity index (χ2v) is 9.81. The number of carbonyl (C=O) groups is 1. The molecule has 1 aromatic carbocycles. The first-order chi connectivity index (χ1) is 16.7. The van der Waals surface area contributed by atoms with E-state index in [4.69, 9.17) is 4.74 Å². The van der Waals surface area contributed by atoms with Crippen LogP contribution < -0.4 is 4.90 Å². The highest BCUT2D eigenvalue weighted by Crippen LogP contribution is 2.26. The number of piperazine rings is 1. The lowest BCUT2D eigenvalue weighted by Crippen LogP contribution is -2.46. The van der Waals surface area contributed by atoms with Gasteiger partial charge in [-0.2, -0.15) is 0 Å². The lowest BCUT2D eigenvalue weighted by Gasteiger charge is -2.35. The van der Waals surface area contributed by atoms with Crippen molar-refractivity contribution in [3.63, 3.8) is 0 Å². The molecule has 0 aliphatic carbocycles. The maximum absolute atomic E-state index is 12.2. The number of hydrogen-bond donors (Lipinski definition) is 1. The number of benzene rings is 1. The van der Waals surface area contributed by atoms with Crippen molar-refractivity contribution in [3.05, 3.63) is 65.6 Å². The summed E-state index contributed by atoms with van der Waals surface area (Å²) < 4.78 is 5.36. The van der Waals surface area contributed by atoms with Crippen molar-refractivity contribution < 1.29 is 14.6 Å². The molecule has 0 bridgehead atoms. The number of pyridine rings is 1.